The Bertz CT molecular complexity index is 1660. The van der Waals surface area contributed by atoms with Crippen molar-refractivity contribution in [3.63, 3.8) is 0 Å². The van der Waals surface area contributed by atoms with Crippen LogP contribution in [0.2, 0.25) is 0 Å². The number of hydrogen-bond donors (Lipinski definition) is 0. The van der Waals surface area contributed by atoms with Crippen LogP contribution in [-0.2, 0) is 16.4 Å². The Kier molecular flexibility index (Phi) is 8.45. The molecule has 3 aromatic carbocycles. The normalized spacial score (nSPS) is 18.3. The number of likely N-dealkylation sites (tertiary alicyclic amines) is 2. The summed E-state index contributed by atoms with van der Waals surface area (Å²) in [6, 6.07) is 23.8. The first-order chi connectivity index (χ1) is 20.8. The molecule has 9 heteroatoms. The third kappa shape index (κ3) is 6.28. The number of hydrogen-bond acceptors (Lipinski definition) is 5. The van der Waals surface area contributed by atoms with Crippen molar-refractivity contribution >= 4 is 15.7 Å². The molecule has 0 aliphatic carbocycles. The number of carbonyl (C=O) groups is 1. The van der Waals surface area contributed by atoms with Gasteiger partial charge in [0.1, 0.15) is 5.82 Å². The van der Waals surface area contributed by atoms with Gasteiger partial charge >= 0.3 is 0 Å². The maximum atomic E-state index is 14.0. The van der Waals surface area contributed by atoms with Crippen LogP contribution in [0.15, 0.2) is 90.0 Å². The van der Waals surface area contributed by atoms with E-state index in [-0.39, 0.29) is 23.4 Å². The minimum absolute atomic E-state index is 0.00587. The molecule has 1 amide bonds. The minimum atomic E-state index is -3.22. The first kappa shape index (κ1) is 29.3. The predicted octanol–water partition coefficient (Wildman–Crippen LogP) is 5.81. The first-order valence-corrected chi connectivity index (χ1v) is 16.7. The Balaban J connectivity index is 1.20. The van der Waals surface area contributed by atoms with E-state index in [0.717, 1.165) is 55.8 Å². The van der Waals surface area contributed by atoms with Crippen LogP contribution >= 0.6 is 0 Å². The van der Waals surface area contributed by atoms with E-state index in [0.29, 0.717) is 29.5 Å². The molecule has 2 aliphatic heterocycles. The van der Waals surface area contributed by atoms with Crippen molar-refractivity contribution in [1.29, 1.82) is 0 Å². The van der Waals surface area contributed by atoms with E-state index < -0.39 is 9.84 Å². The number of aromatic nitrogens is 2. The zero-order valence-corrected chi connectivity index (χ0v) is 25.2. The number of amides is 1. The Hall–Kier alpha value is -3.82. The van der Waals surface area contributed by atoms with Crippen LogP contribution in [0.4, 0.5) is 4.39 Å². The second-order valence-corrected chi connectivity index (χ2v) is 13.9. The summed E-state index contributed by atoms with van der Waals surface area (Å²) in [5.74, 6) is 0.217. The van der Waals surface area contributed by atoms with Gasteiger partial charge in [0.05, 0.1) is 33.8 Å². The van der Waals surface area contributed by atoms with Crippen LogP contribution in [0, 0.1) is 5.82 Å². The highest BCUT2D eigenvalue weighted by Gasteiger charge is 2.34. The quantitative estimate of drug-likeness (QED) is 0.255. The number of halogens is 1. The Labute approximate surface area is 252 Å². The van der Waals surface area contributed by atoms with E-state index in [1.54, 1.807) is 37.4 Å². The molecule has 1 atom stereocenters. The van der Waals surface area contributed by atoms with Gasteiger partial charge in [0.2, 0.25) is 0 Å². The van der Waals surface area contributed by atoms with Gasteiger partial charge in [-0.05, 0) is 79.9 Å². The molecule has 0 saturated carbocycles. The molecule has 0 unspecified atom stereocenters. The van der Waals surface area contributed by atoms with Crippen molar-refractivity contribution in [2.75, 3.05) is 31.9 Å². The van der Waals surface area contributed by atoms with Crippen molar-refractivity contribution in [2.45, 2.75) is 49.5 Å². The highest BCUT2D eigenvalue weighted by Crippen LogP contribution is 2.35. The summed E-state index contributed by atoms with van der Waals surface area (Å²) < 4.78 is 39.9. The molecule has 3 heterocycles. The lowest BCUT2D eigenvalue weighted by atomic mass is 9.90. The third-order valence-electron chi connectivity index (χ3n) is 8.90. The van der Waals surface area contributed by atoms with Gasteiger partial charge < -0.3 is 4.90 Å². The van der Waals surface area contributed by atoms with E-state index >= 15 is 0 Å². The maximum absolute atomic E-state index is 14.0. The fourth-order valence-electron chi connectivity index (χ4n) is 6.41. The van der Waals surface area contributed by atoms with Gasteiger partial charge in [0.25, 0.3) is 5.91 Å². The molecule has 0 spiro atoms. The second kappa shape index (κ2) is 12.4. The summed E-state index contributed by atoms with van der Waals surface area (Å²) >= 11 is 0. The second-order valence-electron chi connectivity index (χ2n) is 11.6. The molecule has 2 saturated heterocycles. The number of piperidine rings is 1. The Morgan fingerprint density at radius 1 is 0.884 bits per heavy atom. The number of nitrogens with zero attached hydrogens (tertiary/aromatic N) is 4. The largest absolute Gasteiger partial charge is 0.338 e. The number of carbonyl (C=O) groups excluding carboxylic acids is 1. The summed E-state index contributed by atoms with van der Waals surface area (Å²) in [6.45, 7) is 5.44. The smallest absolute Gasteiger partial charge is 0.257 e. The molecule has 1 aromatic heterocycles. The molecule has 0 bridgehead atoms. The van der Waals surface area contributed by atoms with Crippen LogP contribution in [-0.4, -0.2) is 65.8 Å². The molecule has 0 N–H and O–H groups in total. The lowest BCUT2D eigenvalue weighted by molar-refractivity contribution is 0.0788. The lowest BCUT2D eigenvalue weighted by Gasteiger charge is -2.33. The Morgan fingerprint density at radius 3 is 2.23 bits per heavy atom. The monoisotopic (exact) mass is 600 g/mol. The van der Waals surface area contributed by atoms with Gasteiger partial charge in [-0.2, -0.15) is 5.10 Å². The maximum Gasteiger partial charge on any atom is 0.257 e. The molecule has 0 radical (unpaired) electrons. The molecule has 2 fully saturated rings. The molecule has 7 nitrogen and oxygen atoms in total. The van der Waals surface area contributed by atoms with Crippen molar-refractivity contribution in [2.24, 2.45) is 0 Å². The third-order valence-corrected chi connectivity index (χ3v) is 10.6. The summed E-state index contributed by atoms with van der Waals surface area (Å²) in [4.78, 5) is 18.6. The van der Waals surface area contributed by atoms with Gasteiger partial charge in [-0.1, -0.05) is 49.4 Å². The fraction of sp³-hybridized carbons (Fsp3) is 0.353. The highest BCUT2D eigenvalue weighted by atomic mass is 32.2. The van der Waals surface area contributed by atoms with E-state index in [1.807, 2.05) is 39.9 Å². The van der Waals surface area contributed by atoms with Gasteiger partial charge in [-0.25, -0.2) is 17.5 Å². The van der Waals surface area contributed by atoms with Crippen molar-refractivity contribution < 1.29 is 17.6 Å². The van der Waals surface area contributed by atoms with Crippen LogP contribution in [0.25, 0.3) is 5.69 Å². The van der Waals surface area contributed by atoms with Gasteiger partial charge in [-0.15, -0.1) is 0 Å². The molecular formula is C34H37FN4O3S. The summed E-state index contributed by atoms with van der Waals surface area (Å²) in [6.07, 6.45) is 4.32. The van der Waals surface area contributed by atoms with Crippen molar-refractivity contribution in [3.05, 3.63) is 113 Å². The van der Waals surface area contributed by atoms with Gasteiger partial charge in [0.15, 0.2) is 9.84 Å². The SMILES string of the molecule is CCS(=O)(=O)c1ccc(CN2CCC(c3c(C(=O)N4CC[C@H](c5ccccc5)C4)cnn3-c3ccc(F)cc3)CC2)cc1. The zero-order valence-electron chi connectivity index (χ0n) is 24.4. The standard InChI is InChI=1S/C34H37FN4O3S/c1-2-43(41,42)31-14-8-25(9-15-31)23-37-19-16-27(17-20-37)33-32(22-36-39(33)30-12-10-29(35)11-13-30)34(40)38-21-18-28(24-38)26-6-4-3-5-7-26/h3-15,22,27-28H,2,16-21,23-24H2,1H3/t28-/m0/s1. The minimum Gasteiger partial charge on any atom is -0.338 e. The van der Waals surface area contributed by atoms with E-state index in [4.69, 9.17) is 0 Å². The summed E-state index contributed by atoms with van der Waals surface area (Å²) in [7, 11) is -3.22. The van der Waals surface area contributed by atoms with Crippen LogP contribution in [0.3, 0.4) is 0 Å². The molecule has 4 aromatic rings. The van der Waals surface area contributed by atoms with Crippen molar-refractivity contribution in [3.8, 4) is 5.69 Å². The Morgan fingerprint density at radius 2 is 1.56 bits per heavy atom. The summed E-state index contributed by atoms with van der Waals surface area (Å²) in [5.41, 5.74) is 4.60. The average Bonchev–Trinajstić information content (AvgIpc) is 3.71. The van der Waals surface area contributed by atoms with Crippen LogP contribution in [0.1, 0.15) is 65.2 Å². The highest BCUT2D eigenvalue weighted by molar-refractivity contribution is 7.91. The average molecular weight is 601 g/mol. The zero-order chi connectivity index (χ0) is 30.0. The molecule has 43 heavy (non-hydrogen) atoms. The first-order valence-electron chi connectivity index (χ1n) is 15.0. The number of sulfone groups is 1. The topological polar surface area (TPSA) is 75.5 Å². The van der Waals surface area contributed by atoms with E-state index in [1.165, 1.54) is 17.7 Å². The van der Waals surface area contributed by atoms with E-state index in [2.05, 4.69) is 22.1 Å². The molecular weight excluding hydrogens is 563 g/mol. The van der Waals surface area contributed by atoms with Crippen molar-refractivity contribution in [1.82, 2.24) is 19.6 Å². The molecule has 224 valence electrons. The number of benzene rings is 3. The summed E-state index contributed by atoms with van der Waals surface area (Å²) in [5, 5.41) is 4.67. The number of rotatable bonds is 8. The molecule has 2 aliphatic rings. The lowest BCUT2D eigenvalue weighted by Crippen LogP contribution is -2.34. The molecule has 6 rings (SSSR count). The van der Waals surface area contributed by atoms with Crippen LogP contribution < -0.4 is 0 Å². The van der Waals surface area contributed by atoms with Crippen LogP contribution in [0.5, 0.6) is 0 Å². The predicted molar refractivity (Wildman–Crippen MR) is 165 cm³/mol. The van der Waals surface area contributed by atoms with Gasteiger partial charge in [0, 0.05) is 31.5 Å². The van der Waals surface area contributed by atoms with Gasteiger partial charge in [-0.3, -0.25) is 9.69 Å². The fourth-order valence-corrected chi connectivity index (χ4v) is 7.29. The van der Waals surface area contributed by atoms with E-state index in [9.17, 15) is 17.6 Å².